The Morgan fingerprint density at radius 1 is 1.06 bits per heavy atom. The lowest BCUT2D eigenvalue weighted by molar-refractivity contribution is -0.174. The number of aliphatic hydroxyl groups excluding tert-OH is 1. The normalized spacial score (nSPS) is 47.6. The molecule has 0 heterocycles. The molecule has 4 aliphatic carbocycles. The average Bonchev–Trinajstić information content (AvgIpc) is 2.99. The van der Waals surface area contributed by atoms with Gasteiger partial charge in [0.1, 0.15) is 12.2 Å². The van der Waals surface area contributed by atoms with E-state index in [4.69, 9.17) is 9.47 Å². The maximum absolute atomic E-state index is 12.0. The van der Waals surface area contributed by atoms with Crippen molar-refractivity contribution in [3.05, 3.63) is 0 Å². The van der Waals surface area contributed by atoms with Crippen molar-refractivity contribution in [2.75, 3.05) is 0 Å². The first-order chi connectivity index (χ1) is 15.5. The maximum atomic E-state index is 12.0. The fourth-order valence-corrected chi connectivity index (χ4v) is 9.42. The molecule has 4 aliphatic rings. The van der Waals surface area contributed by atoms with Gasteiger partial charge in [0.05, 0.1) is 6.10 Å². The highest BCUT2D eigenvalue weighted by Crippen LogP contribution is 2.69. The quantitative estimate of drug-likeness (QED) is 0.544. The minimum absolute atomic E-state index is 0.00731. The van der Waals surface area contributed by atoms with Crippen LogP contribution in [0.25, 0.3) is 0 Å². The minimum Gasteiger partial charge on any atom is -0.463 e. The molecule has 0 aromatic carbocycles. The molecule has 0 saturated heterocycles. The Morgan fingerprint density at radius 3 is 2.42 bits per heavy atom. The van der Waals surface area contributed by atoms with Gasteiger partial charge in [-0.3, -0.25) is 9.59 Å². The third-order valence-electron chi connectivity index (χ3n) is 10.9. The number of carbonyl (C=O) groups is 2. The number of hydrogen-bond donors (Lipinski definition) is 1. The van der Waals surface area contributed by atoms with Crippen molar-refractivity contribution >= 4 is 11.9 Å². The van der Waals surface area contributed by atoms with Crippen molar-refractivity contribution in [1.82, 2.24) is 0 Å². The van der Waals surface area contributed by atoms with Crippen LogP contribution in [0.2, 0.25) is 0 Å². The van der Waals surface area contributed by atoms with Crippen LogP contribution in [0.4, 0.5) is 0 Å². The first-order valence-corrected chi connectivity index (χ1v) is 13.5. The number of fused-ring (bicyclic) bond motifs is 5. The molecule has 0 aromatic heterocycles. The number of rotatable bonds is 5. The van der Waals surface area contributed by atoms with Gasteiger partial charge >= 0.3 is 11.9 Å². The average molecular weight is 463 g/mol. The molecular weight excluding hydrogens is 416 g/mol. The Hall–Kier alpha value is -1.10. The summed E-state index contributed by atoms with van der Waals surface area (Å²) in [6, 6.07) is 0. The van der Waals surface area contributed by atoms with E-state index < -0.39 is 0 Å². The van der Waals surface area contributed by atoms with Gasteiger partial charge in [-0.1, -0.05) is 27.7 Å². The SMILES string of the molecule is CCC(C[C@H]1C[C@H](OC(C)=O)[C@@]2(C)CC[C@H]3[C@@H](CC[C@H]4C[C@H](O)C[C@H](C)[C@@]43C)[C@H]12)OC(C)=O. The molecule has 0 aliphatic heterocycles. The van der Waals surface area contributed by atoms with E-state index in [1.54, 1.807) is 0 Å². The summed E-state index contributed by atoms with van der Waals surface area (Å²) in [6.45, 7) is 12.4. The zero-order valence-corrected chi connectivity index (χ0v) is 21.6. The van der Waals surface area contributed by atoms with Gasteiger partial charge in [-0.25, -0.2) is 0 Å². The number of ether oxygens (including phenoxy) is 2. The number of esters is 2. The lowest BCUT2D eigenvalue weighted by Gasteiger charge is -2.63. The van der Waals surface area contributed by atoms with Crippen LogP contribution in [0.3, 0.4) is 0 Å². The fourth-order valence-electron chi connectivity index (χ4n) is 9.42. The van der Waals surface area contributed by atoms with Gasteiger partial charge < -0.3 is 14.6 Å². The molecule has 1 unspecified atom stereocenters. The monoisotopic (exact) mass is 462 g/mol. The molecule has 0 spiro atoms. The molecule has 188 valence electrons. The summed E-state index contributed by atoms with van der Waals surface area (Å²) < 4.78 is 11.7. The van der Waals surface area contributed by atoms with Crippen LogP contribution in [0.5, 0.6) is 0 Å². The van der Waals surface area contributed by atoms with Crippen molar-refractivity contribution in [2.45, 2.75) is 118 Å². The summed E-state index contributed by atoms with van der Waals surface area (Å²) in [5, 5.41) is 10.5. The summed E-state index contributed by atoms with van der Waals surface area (Å²) in [5.74, 6) is 2.91. The molecule has 4 fully saturated rings. The summed E-state index contributed by atoms with van der Waals surface area (Å²) in [5.41, 5.74) is 0.264. The molecular formula is C28H46O5. The zero-order valence-electron chi connectivity index (χ0n) is 21.6. The van der Waals surface area contributed by atoms with E-state index in [9.17, 15) is 14.7 Å². The van der Waals surface area contributed by atoms with Crippen LogP contribution in [0.1, 0.15) is 99.3 Å². The van der Waals surface area contributed by atoms with Crippen molar-refractivity contribution in [3.63, 3.8) is 0 Å². The third kappa shape index (κ3) is 4.25. The highest BCUT2D eigenvalue weighted by atomic mass is 16.5. The molecule has 33 heavy (non-hydrogen) atoms. The minimum atomic E-state index is -0.205. The Morgan fingerprint density at radius 2 is 1.79 bits per heavy atom. The summed E-state index contributed by atoms with van der Waals surface area (Å²) in [7, 11) is 0. The van der Waals surface area contributed by atoms with Crippen molar-refractivity contribution in [3.8, 4) is 0 Å². The molecule has 5 nitrogen and oxygen atoms in total. The lowest BCUT2D eigenvalue weighted by atomic mass is 9.42. The van der Waals surface area contributed by atoms with E-state index in [0.717, 1.165) is 38.5 Å². The number of carbonyl (C=O) groups excluding carboxylic acids is 2. The van der Waals surface area contributed by atoms with Crippen molar-refractivity contribution < 1.29 is 24.2 Å². The van der Waals surface area contributed by atoms with Gasteiger partial charge in [0.2, 0.25) is 0 Å². The van der Waals surface area contributed by atoms with Crippen molar-refractivity contribution in [2.24, 2.45) is 46.3 Å². The first-order valence-electron chi connectivity index (χ1n) is 13.5. The Bertz CT molecular complexity index is 749. The number of hydrogen-bond acceptors (Lipinski definition) is 5. The Balaban J connectivity index is 1.66. The molecule has 0 aromatic rings. The van der Waals surface area contributed by atoms with Gasteiger partial charge in [-0.2, -0.15) is 0 Å². The molecule has 0 bridgehead atoms. The predicted molar refractivity (Wildman–Crippen MR) is 127 cm³/mol. The van der Waals surface area contributed by atoms with E-state index in [2.05, 4.69) is 27.7 Å². The second-order valence-electron chi connectivity index (χ2n) is 12.5. The molecule has 1 N–H and O–H groups in total. The third-order valence-corrected chi connectivity index (χ3v) is 10.9. The van der Waals surface area contributed by atoms with Gasteiger partial charge in [0.25, 0.3) is 0 Å². The van der Waals surface area contributed by atoms with Crippen LogP contribution < -0.4 is 0 Å². The molecule has 5 heteroatoms. The van der Waals surface area contributed by atoms with Crippen LogP contribution in [0.15, 0.2) is 0 Å². The largest absolute Gasteiger partial charge is 0.463 e. The zero-order chi connectivity index (χ0) is 24.1. The number of aliphatic hydroxyl groups is 1. The van der Waals surface area contributed by atoms with Gasteiger partial charge in [0.15, 0.2) is 0 Å². The molecule has 4 rings (SSSR count). The van der Waals surface area contributed by atoms with Crippen LogP contribution in [0, 0.1) is 46.3 Å². The summed E-state index contributed by atoms with van der Waals surface area (Å²) in [4.78, 5) is 23.7. The second-order valence-corrected chi connectivity index (χ2v) is 12.5. The van der Waals surface area contributed by atoms with E-state index >= 15 is 0 Å². The topological polar surface area (TPSA) is 72.8 Å². The standard InChI is InChI=1S/C28H46O5/c1-7-22(32-17(3)29)13-19-14-25(33-18(4)30)27(5)11-10-24-23(26(19)27)9-8-20-15-21(31)12-16(2)28(20,24)6/h16,19-26,31H,7-15H2,1-6H3/t16-,19-,20-,21+,22?,23+,24-,25-,26-,27+,28-/m0/s1. The summed E-state index contributed by atoms with van der Waals surface area (Å²) in [6.07, 6.45) is 8.87. The maximum Gasteiger partial charge on any atom is 0.302 e. The van der Waals surface area contributed by atoms with Crippen molar-refractivity contribution in [1.29, 1.82) is 0 Å². The molecule has 0 radical (unpaired) electrons. The first kappa shape index (κ1) is 25.0. The molecule has 11 atom stereocenters. The van der Waals surface area contributed by atoms with E-state index in [1.165, 1.54) is 33.1 Å². The van der Waals surface area contributed by atoms with Gasteiger partial charge in [-0.05, 0) is 98.7 Å². The van der Waals surface area contributed by atoms with Crippen LogP contribution in [-0.2, 0) is 19.1 Å². The lowest BCUT2D eigenvalue weighted by Crippen LogP contribution is -2.58. The highest BCUT2D eigenvalue weighted by molar-refractivity contribution is 5.66. The predicted octanol–water partition coefficient (Wildman–Crippen LogP) is 5.53. The fraction of sp³-hybridized carbons (Fsp3) is 0.929. The van der Waals surface area contributed by atoms with E-state index in [1.807, 2.05) is 0 Å². The highest BCUT2D eigenvalue weighted by Gasteiger charge is 2.64. The smallest absolute Gasteiger partial charge is 0.302 e. The van der Waals surface area contributed by atoms with Crippen LogP contribution >= 0.6 is 0 Å². The van der Waals surface area contributed by atoms with E-state index in [-0.39, 0.29) is 41.1 Å². The molecule has 0 amide bonds. The Labute approximate surface area is 200 Å². The van der Waals surface area contributed by atoms with E-state index in [0.29, 0.717) is 35.5 Å². The molecule has 4 saturated carbocycles. The Kier molecular flexibility index (Phi) is 6.95. The second kappa shape index (κ2) is 9.17. The van der Waals surface area contributed by atoms with Gasteiger partial charge in [0, 0.05) is 19.3 Å². The van der Waals surface area contributed by atoms with Crippen LogP contribution in [-0.4, -0.2) is 35.4 Å². The summed E-state index contributed by atoms with van der Waals surface area (Å²) >= 11 is 0. The van der Waals surface area contributed by atoms with Gasteiger partial charge in [-0.15, -0.1) is 0 Å².